The van der Waals surface area contributed by atoms with Gasteiger partial charge in [-0.1, -0.05) is 11.6 Å². The molecule has 1 aliphatic heterocycles. The van der Waals surface area contributed by atoms with Gasteiger partial charge in [-0.3, -0.25) is 9.59 Å². The minimum absolute atomic E-state index is 0.0806. The molecule has 3 rings (SSSR count). The van der Waals surface area contributed by atoms with Crippen molar-refractivity contribution >= 4 is 23.2 Å². The van der Waals surface area contributed by atoms with Crippen molar-refractivity contribution in [2.45, 2.75) is 6.54 Å². The highest BCUT2D eigenvalue weighted by atomic mass is 35.5. The van der Waals surface area contributed by atoms with Crippen LogP contribution in [-0.2, 0) is 6.54 Å². The molecule has 2 heterocycles. The van der Waals surface area contributed by atoms with Gasteiger partial charge in [0.25, 0.3) is 0 Å². The second-order valence-corrected chi connectivity index (χ2v) is 6.31. The van der Waals surface area contributed by atoms with E-state index in [1.807, 2.05) is 23.6 Å². The monoisotopic (exact) mass is 316 g/mol. The Labute approximate surface area is 134 Å². The summed E-state index contributed by atoms with van der Waals surface area (Å²) in [6.45, 7) is 1.25. The normalized spacial score (nSPS) is 17.1. The quantitative estimate of drug-likeness (QED) is 0.815. The molecule has 2 aromatic rings. The fourth-order valence-corrected chi connectivity index (χ4v) is 3.05. The molecule has 4 nitrogen and oxygen atoms in total. The molecule has 0 fully saturated rings. The Morgan fingerprint density at radius 3 is 2.55 bits per heavy atom. The van der Waals surface area contributed by atoms with Crippen molar-refractivity contribution in [3.05, 3.63) is 58.4 Å². The fourth-order valence-electron chi connectivity index (χ4n) is 2.92. The van der Waals surface area contributed by atoms with Gasteiger partial charge in [0.15, 0.2) is 5.78 Å². The Kier molecular flexibility index (Phi) is 3.89. The number of Topliss-reactive ketones (excluding diaryl/α,β-unsaturated/α-hetero) is 1. The topological polar surface area (TPSA) is 42.3 Å². The number of hydrogen-bond donors (Lipinski definition) is 0. The van der Waals surface area contributed by atoms with E-state index in [1.165, 1.54) is 0 Å². The highest BCUT2D eigenvalue weighted by Gasteiger charge is 2.33. The molecule has 1 aliphatic rings. The van der Waals surface area contributed by atoms with Crippen molar-refractivity contribution in [1.29, 1.82) is 0 Å². The highest BCUT2D eigenvalue weighted by molar-refractivity contribution is 6.30. The van der Waals surface area contributed by atoms with Crippen LogP contribution in [0.5, 0.6) is 0 Å². The maximum atomic E-state index is 12.6. The Morgan fingerprint density at radius 1 is 1.23 bits per heavy atom. The number of carbonyl (C=O) groups excluding carboxylic acids is 2. The van der Waals surface area contributed by atoms with Crippen LogP contribution in [0.15, 0.2) is 36.4 Å². The summed E-state index contributed by atoms with van der Waals surface area (Å²) in [4.78, 5) is 27.0. The van der Waals surface area contributed by atoms with Gasteiger partial charge in [0, 0.05) is 23.7 Å². The molecule has 0 N–H and O–H groups in total. The van der Waals surface area contributed by atoms with Crippen molar-refractivity contribution in [3.63, 3.8) is 0 Å². The Balaban J connectivity index is 1.90. The Hall–Kier alpha value is -1.91. The molecule has 1 aromatic carbocycles. The summed E-state index contributed by atoms with van der Waals surface area (Å²) >= 11 is 5.86. The molecule has 114 valence electrons. The van der Waals surface area contributed by atoms with Crippen molar-refractivity contribution in [2.75, 3.05) is 20.6 Å². The van der Waals surface area contributed by atoms with E-state index in [-0.39, 0.29) is 17.5 Å². The Morgan fingerprint density at radius 2 is 1.91 bits per heavy atom. The molecule has 1 unspecified atom stereocenters. The molecule has 0 spiro atoms. The van der Waals surface area contributed by atoms with Crippen LogP contribution in [0.2, 0.25) is 5.02 Å². The third-order valence-electron chi connectivity index (χ3n) is 3.93. The summed E-state index contributed by atoms with van der Waals surface area (Å²) in [5.74, 6) is -0.0481. The average Bonchev–Trinajstić information content (AvgIpc) is 3.00. The maximum Gasteiger partial charge on any atom is 0.209 e. The molecule has 0 aliphatic carbocycles. The van der Waals surface area contributed by atoms with Gasteiger partial charge in [0.1, 0.15) is 0 Å². The molecule has 0 amide bonds. The zero-order chi connectivity index (χ0) is 15.9. The van der Waals surface area contributed by atoms with Gasteiger partial charge < -0.3 is 9.47 Å². The minimum Gasteiger partial charge on any atom is -0.335 e. The predicted molar refractivity (Wildman–Crippen MR) is 85.7 cm³/mol. The average molecular weight is 317 g/mol. The highest BCUT2D eigenvalue weighted by Crippen LogP contribution is 2.26. The smallest absolute Gasteiger partial charge is 0.209 e. The molecule has 5 heteroatoms. The molecular formula is C17H17ClN2O2. The molecule has 22 heavy (non-hydrogen) atoms. The van der Waals surface area contributed by atoms with Gasteiger partial charge in [0.05, 0.1) is 17.3 Å². The largest absolute Gasteiger partial charge is 0.335 e. The van der Waals surface area contributed by atoms with Gasteiger partial charge in [-0.05, 0) is 50.5 Å². The third kappa shape index (κ3) is 2.60. The summed E-state index contributed by atoms with van der Waals surface area (Å²) < 4.78 is 1.84. The molecule has 0 bridgehead atoms. The van der Waals surface area contributed by atoms with Gasteiger partial charge in [-0.25, -0.2) is 0 Å². The van der Waals surface area contributed by atoms with Crippen LogP contribution in [-0.4, -0.2) is 41.7 Å². The van der Waals surface area contributed by atoms with E-state index in [4.69, 9.17) is 11.6 Å². The van der Waals surface area contributed by atoms with Gasteiger partial charge in [-0.15, -0.1) is 0 Å². The zero-order valence-corrected chi connectivity index (χ0v) is 13.3. The number of rotatable bonds is 4. The number of aromatic nitrogens is 1. The first kappa shape index (κ1) is 15.0. The fraction of sp³-hybridized carbons (Fsp3) is 0.294. The summed E-state index contributed by atoms with van der Waals surface area (Å²) in [6, 6.07) is 10.3. The predicted octanol–water partition coefficient (Wildman–Crippen LogP) is 2.75. The lowest BCUT2D eigenvalue weighted by molar-refractivity contribution is 0.0914. The number of carbonyl (C=O) groups is 2. The summed E-state index contributed by atoms with van der Waals surface area (Å²) in [6.07, 6.45) is 0. The molecular weight excluding hydrogens is 300 g/mol. The molecule has 1 aromatic heterocycles. The third-order valence-corrected chi connectivity index (χ3v) is 4.18. The first-order valence-corrected chi connectivity index (χ1v) is 7.54. The number of halogens is 1. The van der Waals surface area contributed by atoms with E-state index >= 15 is 0 Å². The van der Waals surface area contributed by atoms with Gasteiger partial charge in [-0.2, -0.15) is 0 Å². The van der Waals surface area contributed by atoms with Crippen molar-refractivity contribution in [1.82, 2.24) is 9.47 Å². The van der Waals surface area contributed by atoms with Crippen LogP contribution in [0.1, 0.15) is 26.5 Å². The van der Waals surface area contributed by atoms with E-state index in [0.29, 0.717) is 35.1 Å². The van der Waals surface area contributed by atoms with E-state index in [0.717, 1.165) is 0 Å². The van der Waals surface area contributed by atoms with Crippen LogP contribution < -0.4 is 0 Å². The van der Waals surface area contributed by atoms with Crippen LogP contribution in [0, 0.1) is 5.92 Å². The summed E-state index contributed by atoms with van der Waals surface area (Å²) in [5.41, 5.74) is 1.77. The van der Waals surface area contributed by atoms with E-state index in [2.05, 4.69) is 0 Å². The van der Waals surface area contributed by atoms with Crippen LogP contribution >= 0.6 is 11.6 Å². The molecule has 0 radical (unpaired) electrons. The SMILES string of the molecule is CN(C)CC1Cn2c(C(=O)c3ccc(Cl)cc3)ccc2C1=O. The van der Waals surface area contributed by atoms with Gasteiger partial charge >= 0.3 is 0 Å². The van der Waals surface area contributed by atoms with Crippen LogP contribution in [0.3, 0.4) is 0 Å². The van der Waals surface area contributed by atoms with Gasteiger partial charge in [0.2, 0.25) is 5.78 Å². The van der Waals surface area contributed by atoms with E-state index in [9.17, 15) is 9.59 Å². The van der Waals surface area contributed by atoms with Crippen molar-refractivity contribution in [3.8, 4) is 0 Å². The lowest BCUT2D eigenvalue weighted by Gasteiger charge is -2.14. The number of hydrogen-bond acceptors (Lipinski definition) is 3. The minimum atomic E-state index is -0.0822. The first-order chi connectivity index (χ1) is 10.5. The Bertz CT molecular complexity index is 732. The van der Waals surface area contributed by atoms with Crippen molar-refractivity contribution in [2.24, 2.45) is 5.92 Å². The number of ketones is 2. The van der Waals surface area contributed by atoms with E-state index < -0.39 is 0 Å². The second kappa shape index (κ2) is 5.71. The number of benzene rings is 1. The summed E-state index contributed by atoms with van der Waals surface area (Å²) in [7, 11) is 3.89. The van der Waals surface area contributed by atoms with Crippen LogP contribution in [0.25, 0.3) is 0 Å². The molecule has 0 saturated heterocycles. The first-order valence-electron chi connectivity index (χ1n) is 7.16. The zero-order valence-electron chi connectivity index (χ0n) is 12.5. The molecule has 0 saturated carbocycles. The lowest BCUT2D eigenvalue weighted by Crippen LogP contribution is -2.26. The van der Waals surface area contributed by atoms with Crippen LogP contribution in [0.4, 0.5) is 0 Å². The maximum absolute atomic E-state index is 12.6. The number of fused-ring (bicyclic) bond motifs is 1. The van der Waals surface area contributed by atoms with E-state index in [1.54, 1.807) is 36.4 Å². The molecule has 1 atom stereocenters. The second-order valence-electron chi connectivity index (χ2n) is 5.87. The standard InChI is InChI=1S/C17H17ClN2O2/c1-19(2)9-12-10-20-14(7-8-15(20)17(12)22)16(21)11-3-5-13(18)6-4-11/h3-8,12H,9-10H2,1-2H3. The number of nitrogens with zero attached hydrogens (tertiary/aromatic N) is 2. The van der Waals surface area contributed by atoms with Crippen molar-refractivity contribution < 1.29 is 9.59 Å². The summed E-state index contributed by atoms with van der Waals surface area (Å²) in [5, 5.41) is 0.596. The lowest BCUT2D eigenvalue weighted by atomic mass is 10.0.